The van der Waals surface area contributed by atoms with Crippen LogP contribution in [0.25, 0.3) is 22.5 Å². The molecule has 1 aliphatic carbocycles. The second kappa shape index (κ2) is 15.4. The van der Waals surface area contributed by atoms with Crippen LogP contribution >= 0.6 is 0 Å². The smallest absolute Gasteiger partial charge is 0.247 e. The Kier molecular flexibility index (Phi) is 10.8. The van der Waals surface area contributed by atoms with Crippen molar-refractivity contribution in [2.24, 2.45) is 17.6 Å². The van der Waals surface area contributed by atoms with Crippen LogP contribution in [0.15, 0.2) is 72.8 Å². The van der Waals surface area contributed by atoms with E-state index in [0.717, 1.165) is 53.6 Å². The third kappa shape index (κ3) is 8.61. The number of para-hydroxylation sites is 1. The lowest BCUT2D eigenvalue weighted by atomic mass is 9.81. The molecule has 5 rings (SSSR count). The van der Waals surface area contributed by atoms with Crippen LogP contribution in [0.4, 0.5) is 11.4 Å². The Morgan fingerprint density at radius 3 is 2.26 bits per heavy atom. The van der Waals surface area contributed by atoms with Gasteiger partial charge in [0.1, 0.15) is 6.04 Å². The molecule has 1 aromatic heterocycles. The summed E-state index contributed by atoms with van der Waals surface area (Å²) < 4.78 is 0. The summed E-state index contributed by atoms with van der Waals surface area (Å²) in [6, 6.07) is 21.8. The fourth-order valence-corrected chi connectivity index (χ4v) is 5.75. The minimum atomic E-state index is -0.792. The molecule has 1 saturated carbocycles. The molecular formula is C34H41N9O3. The highest BCUT2D eigenvalue weighted by Gasteiger charge is 2.29. The van der Waals surface area contributed by atoms with Crippen molar-refractivity contribution in [1.29, 1.82) is 0 Å². The van der Waals surface area contributed by atoms with E-state index in [9.17, 15) is 14.4 Å². The largest absolute Gasteiger partial charge is 0.344 e. The normalized spacial score (nSPS) is 16.9. The molecule has 0 saturated heterocycles. The number of carbonyl (C=O) groups is 3. The molecule has 0 bridgehead atoms. The van der Waals surface area contributed by atoms with Gasteiger partial charge in [0.15, 0.2) is 0 Å². The molecular weight excluding hydrogens is 582 g/mol. The number of hydrogen-bond donors (Lipinski definition) is 5. The van der Waals surface area contributed by atoms with Crippen LogP contribution in [0.3, 0.4) is 0 Å². The van der Waals surface area contributed by atoms with Gasteiger partial charge in [-0.25, -0.2) is 0 Å². The van der Waals surface area contributed by atoms with E-state index in [1.54, 1.807) is 24.3 Å². The molecule has 12 nitrogen and oxygen atoms in total. The lowest BCUT2D eigenvalue weighted by Gasteiger charge is -2.28. The summed E-state index contributed by atoms with van der Waals surface area (Å²) in [7, 11) is 3.70. The summed E-state index contributed by atoms with van der Waals surface area (Å²) in [6.07, 6.45) is 3.66. The summed E-state index contributed by atoms with van der Waals surface area (Å²) in [5, 5.41) is 23.0. The van der Waals surface area contributed by atoms with Crippen LogP contribution in [0, 0.1) is 11.8 Å². The average molecular weight is 624 g/mol. The molecule has 46 heavy (non-hydrogen) atoms. The molecule has 3 amide bonds. The van der Waals surface area contributed by atoms with Crippen molar-refractivity contribution in [2.75, 3.05) is 37.8 Å². The number of nitrogens with two attached hydrogens (primary N) is 1. The summed E-state index contributed by atoms with van der Waals surface area (Å²) in [5.41, 5.74) is 10.6. The van der Waals surface area contributed by atoms with E-state index < -0.39 is 6.04 Å². The molecule has 6 N–H and O–H groups in total. The summed E-state index contributed by atoms with van der Waals surface area (Å²) >= 11 is 0. The number of aromatic nitrogens is 4. The number of likely N-dealkylation sites (N-methyl/N-ethyl adjacent to an activating group) is 1. The lowest BCUT2D eigenvalue weighted by molar-refractivity contribution is -0.130. The lowest BCUT2D eigenvalue weighted by Crippen LogP contribution is -2.48. The molecule has 12 heteroatoms. The first-order chi connectivity index (χ1) is 22.3. The Bertz CT molecular complexity index is 1600. The number of aromatic amines is 1. The first-order valence-electron chi connectivity index (χ1n) is 15.6. The summed E-state index contributed by atoms with van der Waals surface area (Å²) in [6.45, 7) is 0.910. The molecule has 1 atom stereocenters. The molecule has 0 spiro atoms. The SMILES string of the molecule is CN(C)CC(=O)Nc1ccccc1-c1ccc(C[C@H](NC(=O)[C@H]2CC[C@H](CN)CC2)C(=O)Nc2ccc(-c3nn[nH]n3)cc2)cc1. The standard InChI is InChI=1S/C34H41N9O3/c1-43(2)21-31(44)37-29-6-4-3-5-28(29)24-11-7-22(8-12-24)19-30(38-33(45)26-13-9-23(20-35)10-14-26)34(46)36-27-17-15-25(16-18-27)32-39-41-42-40-32/h3-8,11-12,15-18,23,26,30H,9-10,13-14,19-21,35H2,1-2H3,(H,36,46)(H,37,44)(H,38,45)(H,39,40,41,42)/t23-,26-,30-/m0/s1. The summed E-state index contributed by atoms with van der Waals surface area (Å²) in [4.78, 5) is 41.3. The molecule has 0 aliphatic heterocycles. The number of nitrogens with one attached hydrogen (secondary N) is 4. The van der Waals surface area contributed by atoms with Crippen LogP contribution < -0.4 is 21.7 Å². The van der Waals surface area contributed by atoms with Gasteiger partial charge in [-0.2, -0.15) is 5.21 Å². The van der Waals surface area contributed by atoms with Crippen LogP contribution in [-0.4, -0.2) is 76.5 Å². The van der Waals surface area contributed by atoms with Crippen LogP contribution in [0.1, 0.15) is 31.2 Å². The molecule has 0 radical (unpaired) electrons. The Morgan fingerprint density at radius 1 is 0.913 bits per heavy atom. The number of hydrogen-bond acceptors (Lipinski definition) is 8. The Hall–Kier alpha value is -4.94. The van der Waals surface area contributed by atoms with Crippen LogP contribution in [0.2, 0.25) is 0 Å². The molecule has 240 valence electrons. The first-order valence-corrected chi connectivity index (χ1v) is 15.6. The molecule has 1 heterocycles. The van der Waals surface area contributed by atoms with Crippen LogP contribution in [0.5, 0.6) is 0 Å². The predicted molar refractivity (Wildman–Crippen MR) is 177 cm³/mol. The van der Waals surface area contributed by atoms with Crippen molar-refractivity contribution in [2.45, 2.75) is 38.1 Å². The molecule has 3 aromatic carbocycles. The van der Waals surface area contributed by atoms with Gasteiger partial charge in [0.25, 0.3) is 0 Å². The summed E-state index contributed by atoms with van der Waals surface area (Å²) in [5.74, 6) is 0.239. The van der Waals surface area contributed by atoms with Gasteiger partial charge < -0.3 is 26.6 Å². The van der Waals surface area contributed by atoms with Gasteiger partial charge in [-0.05, 0) is 98.9 Å². The predicted octanol–water partition coefficient (Wildman–Crippen LogP) is 3.46. The second-order valence-corrected chi connectivity index (χ2v) is 12.0. The van der Waals surface area contributed by atoms with E-state index in [4.69, 9.17) is 5.73 Å². The fraction of sp³-hybridized carbons (Fsp3) is 0.353. The zero-order chi connectivity index (χ0) is 32.5. The molecule has 0 unspecified atom stereocenters. The Morgan fingerprint density at radius 2 is 1.61 bits per heavy atom. The fourth-order valence-electron chi connectivity index (χ4n) is 5.75. The van der Waals surface area contributed by atoms with Crippen molar-refractivity contribution in [1.82, 2.24) is 30.8 Å². The Balaban J connectivity index is 1.31. The number of carbonyl (C=O) groups excluding carboxylic acids is 3. The molecule has 4 aromatic rings. The topological polar surface area (TPSA) is 171 Å². The van der Waals surface area contributed by atoms with Crippen molar-refractivity contribution in [3.05, 3.63) is 78.4 Å². The van der Waals surface area contributed by atoms with Gasteiger partial charge in [0.2, 0.25) is 23.5 Å². The maximum absolute atomic E-state index is 13.6. The maximum Gasteiger partial charge on any atom is 0.247 e. The number of tetrazole rings is 1. The van der Waals surface area contributed by atoms with Gasteiger partial charge in [0, 0.05) is 34.8 Å². The Labute approximate surface area is 268 Å². The highest BCUT2D eigenvalue weighted by Crippen LogP contribution is 2.30. The average Bonchev–Trinajstić information content (AvgIpc) is 3.60. The third-order valence-electron chi connectivity index (χ3n) is 8.31. The van der Waals surface area contributed by atoms with E-state index >= 15 is 0 Å². The number of amides is 3. The zero-order valence-electron chi connectivity index (χ0n) is 26.2. The quantitative estimate of drug-likeness (QED) is 0.160. The van der Waals surface area contributed by atoms with E-state index in [-0.39, 0.29) is 30.2 Å². The number of benzene rings is 3. The van der Waals surface area contributed by atoms with E-state index in [0.29, 0.717) is 30.4 Å². The van der Waals surface area contributed by atoms with Crippen molar-refractivity contribution in [3.63, 3.8) is 0 Å². The minimum Gasteiger partial charge on any atom is -0.344 e. The van der Waals surface area contributed by atoms with Gasteiger partial charge in [0.05, 0.1) is 6.54 Å². The zero-order valence-corrected chi connectivity index (χ0v) is 26.2. The third-order valence-corrected chi connectivity index (χ3v) is 8.31. The number of rotatable bonds is 12. The second-order valence-electron chi connectivity index (χ2n) is 12.0. The van der Waals surface area contributed by atoms with Gasteiger partial charge in [-0.3, -0.25) is 14.4 Å². The van der Waals surface area contributed by atoms with Gasteiger partial charge in [-0.15, -0.1) is 10.2 Å². The maximum atomic E-state index is 13.6. The minimum absolute atomic E-state index is 0.0976. The van der Waals surface area contributed by atoms with Crippen LogP contribution in [-0.2, 0) is 20.8 Å². The van der Waals surface area contributed by atoms with Gasteiger partial charge >= 0.3 is 0 Å². The molecule has 1 fully saturated rings. The highest BCUT2D eigenvalue weighted by molar-refractivity contribution is 5.98. The van der Waals surface area contributed by atoms with Gasteiger partial charge in [-0.1, -0.05) is 42.5 Å². The number of anilines is 2. The van der Waals surface area contributed by atoms with Crippen molar-refractivity contribution < 1.29 is 14.4 Å². The van der Waals surface area contributed by atoms with E-state index in [1.807, 2.05) is 67.5 Å². The van der Waals surface area contributed by atoms with E-state index in [1.165, 1.54) is 0 Å². The number of nitrogens with zero attached hydrogens (tertiary/aromatic N) is 4. The van der Waals surface area contributed by atoms with E-state index in [2.05, 4.69) is 36.6 Å². The van der Waals surface area contributed by atoms with Crippen molar-refractivity contribution in [3.8, 4) is 22.5 Å². The first kappa shape index (κ1) is 32.5. The molecule has 1 aliphatic rings. The monoisotopic (exact) mass is 623 g/mol. The number of H-pyrrole nitrogens is 1. The highest BCUT2D eigenvalue weighted by atomic mass is 16.2. The van der Waals surface area contributed by atoms with Crippen molar-refractivity contribution >= 4 is 29.1 Å².